The summed E-state index contributed by atoms with van der Waals surface area (Å²) in [5.74, 6) is -0.869. The van der Waals surface area contributed by atoms with E-state index in [9.17, 15) is 9.59 Å². The number of carboxylic acid groups (broad SMARTS) is 1. The maximum absolute atomic E-state index is 12.1. The fourth-order valence-corrected chi connectivity index (χ4v) is 2.19. The van der Waals surface area contributed by atoms with Gasteiger partial charge in [0.25, 0.3) is 0 Å². The third-order valence-electron chi connectivity index (χ3n) is 4.08. The Labute approximate surface area is 109 Å². The number of likely N-dealkylation sites (tertiary alicyclic amines) is 1. The van der Waals surface area contributed by atoms with Crippen LogP contribution in [0.2, 0.25) is 0 Å². The molecule has 18 heavy (non-hydrogen) atoms. The van der Waals surface area contributed by atoms with Crippen molar-refractivity contribution in [1.82, 2.24) is 9.80 Å². The highest BCUT2D eigenvalue weighted by molar-refractivity contribution is 5.75. The summed E-state index contributed by atoms with van der Waals surface area (Å²) in [5, 5.41) is 8.60. The van der Waals surface area contributed by atoms with Crippen molar-refractivity contribution in [3.8, 4) is 0 Å². The van der Waals surface area contributed by atoms with Crippen LogP contribution in [0.5, 0.6) is 0 Å². The van der Waals surface area contributed by atoms with Crippen molar-refractivity contribution in [3.05, 3.63) is 0 Å². The number of carbonyl (C=O) groups excluding carboxylic acids is 1. The molecule has 1 N–H and O–H groups in total. The fraction of sp³-hybridized carbons (Fsp3) is 0.846. The zero-order valence-corrected chi connectivity index (χ0v) is 11.6. The van der Waals surface area contributed by atoms with Crippen molar-refractivity contribution in [1.29, 1.82) is 0 Å². The van der Waals surface area contributed by atoms with Crippen LogP contribution in [-0.2, 0) is 4.79 Å². The largest absolute Gasteiger partial charge is 0.481 e. The zero-order valence-electron chi connectivity index (χ0n) is 11.6. The number of carboxylic acids is 1. The quantitative estimate of drug-likeness (QED) is 0.837. The lowest BCUT2D eigenvalue weighted by atomic mass is 9.78. The van der Waals surface area contributed by atoms with Crippen molar-refractivity contribution >= 4 is 12.0 Å². The average Bonchev–Trinajstić information content (AvgIpc) is 2.36. The van der Waals surface area contributed by atoms with Crippen LogP contribution in [0.1, 0.15) is 39.5 Å². The summed E-state index contributed by atoms with van der Waals surface area (Å²) in [6.07, 6.45) is 3.21. The van der Waals surface area contributed by atoms with E-state index in [1.54, 1.807) is 7.05 Å². The van der Waals surface area contributed by atoms with E-state index in [4.69, 9.17) is 5.11 Å². The Morgan fingerprint density at radius 3 is 2.33 bits per heavy atom. The van der Waals surface area contributed by atoms with Gasteiger partial charge in [-0.15, -0.1) is 0 Å². The Bertz CT molecular complexity index is 309. The molecule has 1 saturated heterocycles. The minimum Gasteiger partial charge on any atom is -0.481 e. The highest BCUT2D eigenvalue weighted by atomic mass is 16.4. The van der Waals surface area contributed by atoms with Crippen molar-refractivity contribution in [2.75, 3.05) is 26.7 Å². The minimum absolute atomic E-state index is 0.00273. The molecule has 1 aliphatic heterocycles. The van der Waals surface area contributed by atoms with E-state index in [0.29, 0.717) is 5.41 Å². The van der Waals surface area contributed by atoms with Gasteiger partial charge in [-0.05, 0) is 18.3 Å². The van der Waals surface area contributed by atoms with E-state index in [-0.39, 0.29) is 19.0 Å². The molecule has 5 nitrogen and oxygen atoms in total. The molecule has 0 aliphatic carbocycles. The smallest absolute Gasteiger partial charge is 0.319 e. The normalized spacial score (nSPS) is 18.5. The number of urea groups is 1. The molecule has 2 amide bonds. The fourth-order valence-electron chi connectivity index (χ4n) is 2.19. The van der Waals surface area contributed by atoms with Crippen LogP contribution in [0, 0.1) is 5.41 Å². The number of hydrogen-bond donors (Lipinski definition) is 1. The highest BCUT2D eigenvalue weighted by Crippen LogP contribution is 2.34. The van der Waals surface area contributed by atoms with E-state index in [1.807, 2.05) is 4.90 Å². The van der Waals surface area contributed by atoms with Crippen LogP contribution in [-0.4, -0.2) is 53.6 Å². The lowest BCUT2D eigenvalue weighted by Gasteiger charge is -2.40. The Hall–Kier alpha value is -1.26. The van der Waals surface area contributed by atoms with Crippen LogP contribution in [0.3, 0.4) is 0 Å². The van der Waals surface area contributed by atoms with E-state index in [0.717, 1.165) is 32.4 Å². The third-order valence-corrected chi connectivity index (χ3v) is 4.08. The molecule has 1 rings (SSSR count). The molecule has 0 aromatic rings. The minimum atomic E-state index is -0.869. The van der Waals surface area contributed by atoms with Gasteiger partial charge in [-0.25, -0.2) is 4.79 Å². The number of aliphatic carboxylic acids is 1. The second-order valence-electron chi connectivity index (χ2n) is 5.50. The second-order valence-corrected chi connectivity index (χ2v) is 5.50. The van der Waals surface area contributed by atoms with Gasteiger partial charge < -0.3 is 14.9 Å². The third kappa shape index (κ3) is 3.89. The average molecular weight is 256 g/mol. The maximum atomic E-state index is 12.1. The van der Waals surface area contributed by atoms with Crippen LogP contribution >= 0.6 is 0 Å². The van der Waals surface area contributed by atoms with Gasteiger partial charge in [0.15, 0.2) is 0 Å². The van der Waals surface area contributed by atoms with Gasteiger partial charge in [-0.2, -0.15) is 0 Å². The number of hydrogen-bond acceptors (Lipinski definition) is 2. The second kappa shape index (κ2) is 6.07. The molecule has 0 saturated carbocycles. The molecule has 104 valence electrons. The van der Waals surface area contributed by atoms with Gasteiger partial charge in [0.2, 0.25) is 0 Å². The Morgan fingerprint density at radius 2 is 1.89 bits per heavy atom. The predicted octanol–water partition coefficient (Wildman–Crippen LogP) is 2.03. The van der Waals surface area contributed by atoms with Crippen LogP contribution in [0.25, 0.3) is 0 Å². The first-order chi connectivity index (χ1) is 8.38. The van der Waals surface area contributed by atoms with Crippen molar-refractivity contribution < 1.29 is 14.7 Å². The summed E-state index contributed by atoms with van der Waals surface area (Å²) in [5.41, 5.74) is 0.358. The van der Waals surface area contributed by atoms with Crippen LogP contribution in [0.4, 0.5) is 4.79 Å². The molecule has 0 spiro atoms. The van der Waals surface area contributed by atoms with Gasteiger partial charge >= 0.3 is 12.0 Å². The predicted molar refractivity (Wildman–Crippen MR) is 69.5 cm³/mol. The molecule has 1 aliphatic rings. The molecule has 1 fully saturated rings. The Morgan fingerprint density at radius 1 is 1.33 bits per heavy atom. The van der Waals surface area contributed by atoms with Gasteiger partial charge in [0.1, 0.15) is 0 Å². The standard InChI is InChI=1S/C13H24N2O3/c1-4-13(2)6-9-15(10-7-13)12(18)14(3)8-5-11(16)17/h4-10H2,1-3H3,(H,16,17). The molecule has 0 aromatic heterocycles. The summed E-state index contributed by atoms with van der Waals surface area (Å²) in [4.78, 5) is 25.9. The van der Waals surface area contributed by atoms with E-state index < -0.39 is 5.97 Å². The maximum Gasteiger partial charge on any atom is 0.319 e. The SMILES string of the molecule is CCC1(C)CCN(C(=O)N(C)CCC(=O)O)CC1. The lowest BCUT2D eigenvalue weighted by molar-refractivity contribution is -0.137. The summed E-state index contributed by atoms with van der Waals surface area (Å²) < 4.78 is 0. The number of rotatable bonds is 4. The first-order valence-corrected chi connectivity index (χ1v) is 6.60. The first-order valence-electron chi connectivity index (χ1n) is 6.60. The molecule has 0 unspecified atom stereocenters. The lowest BCUT2D eigenvalue weighted by Crippen LogP contribution is -2.47. The van der Waals surface area contributed by atoms with Crippen molar-refractivity contribution in [2.24, 2.45) is 5.41 Å². The molecule has 1 heterocycles. The van der Waals surface area contributed by atoms with Gasteiger partial charge in [-0.3, -0.25) is 4.79 Å². The van der Waals surface area contributed by atoms with Gasteiger partial charge in [-0.1, -0.05) is 20.3 Å². The number of nitrogens with zero attached hydrogens (tertiary/aromatic N) is 2. The van der Waals surface area contributed by atoms with E-state index >= 15 is 0 Å². The van der Waals surface area contributed by atoms with Gasteiger partial charge in [0, 0.05) is 26.7 Å². The molecule has 0 aromatic carbocycles. The number of amides is 2. The summed E-state index contributed by atoms with van der Waals surface area (Å²) in [6, 6.07) is -0.0468. The van der Waals surface area contributed by atoms with Gasteiger partial charge in [0.05, 0.1) is 6.42 Å². The van der Waals surface area contributed by atoms with Crippen LogP contribution in [0.15, 0.2) is 0 Å². The summed E-state index contributed by atoms with van der Waals surface area (Å²) in [7, 11) is 1.67. The monoisotopic (exact) mass is 256 g/mol. The molecule has 0 radical (unpaired) electrons. The van der Waals surface area contributed by atoms with E-state index in [2.05, 4.69) is 13.8 Å². The van der Waals surface area contributed by atoms with Crippen LogP contribution < -0.4 is 0 Å². The summed E-state index contributed by atoms with van der Waals surface area (Å²) in [6.45, 7) is 6.29. The molecule has 0 atom stereocenters. The molecular weight excluding hydrogens is 232 g/mol. The summed E-state index contributed by atoms with van der Waals surface area (Å²) >= 11 is 0. The Balaban J connectivity index is 2.42. The molecule has 5 heteroatoms. The highest BCUT2D eigenvalue weighted by Gasteiger charge is 2.31. The zero-order chi connectivity index (χ0) is 13.8. The number of piperidine rings is 1. The van der Waals surface area contributed by atoms with Crippen molar-refractivity contribution in [3.63, 3.8) is 0 Å². The topological polar surface area (TPSA) is 60.9 Å². The molecular formula is C13H24N2O3. The Kier molecular flexibility index (Phi) is 4.99. The van der Waals surface area contributed by atoms with Crippen molar-refractivity contribution in [2.45, 2.75) is 39.5 Å². The van der Waals surface area contributed by atoms with E-state index in [1.165, 1.54) is 4.90 Å². The number of carbonyl (C=O) groups is 2. The first kappa shape index (κ1) is 14.8. The molecule has 0 bridgehead atoms.